The summed E-state index contributed by atoms with van der Waals surface area (Å²) in [4.78, 5) is 55.2. The molecule has 9 nitrogen and oxygen atoms in total. The number of rotatable bonds is 20. The van der Waals surface area contributed by atoms with Crippen LogP contribution in [0.25, 0.3) is 35.2 Å². The third-order valence-electron chi connectivity index (χ3n) is 13.9. The van der Waals surface area contributed by atoms with Gasteiger partial charge in [0.1, 0.15) is 12.5 Å². The van der Waals surface area contributed by atoms with E-state index in [0.29, 0.717) is 40.2 Å². The van der Waals surface area contributed by atoms with E-state index in [1.165, 1.54) is 64.0 Å². The van der Waals surface area contributed by atoms with E-state index in [0.717, 1.165) is 81.1 Å². The molecule has 1 aliphatic carbocycles. The Kier molecular flexibility index (Phi) is 18.0. The number of nitrogens with zero attached hydrogens (tertiary/aromatic N) is 3. The topological polar surface area (TPSA) is 128 Å². The molecule has 0 spiro atoms. The van der Waals surface area contributed by atoms with Crippen LogP contribution in [0.5, 0.6) is 0 Å². The van der Waals surface area contributed by atoms with E-state index in [2.05, 4.69) is 66.1 Å². The second kappa shape index (κ2) is 22.8. The Hall–Kier alpha value is -4.28. The first-order valence-corrected chi connectivity index (χ1v) is 23.7. The molecule has 3 aromatic rings. The van der Waals surface area contributed by atoms with Crippen molar-refractivity contribution < 1.29 is 23.9 Å². The van der Waals surface area contributed by atoms with Crippen LogP contribution in [-0.4, -0.2) is 59.5 Å². The van der Waals surface area contributed by atoms with Gasteiger partial charge in [0.2, 0.25) is 0 Å². The van der Waals surface area contributed by atoms with E-state index in [1.54, 1.807) is 0 Å². The number of ether oxygens (including phenoxy) is 2. The van der Waals surface area contributed by atoms with Crippen LogP contribution in [0.4, 0.5) is 0 Å². The Labute approximate surface area is 398 Å². The van der Waals surface area contributed by atoms with Crippen molar-refractivity contribution in [1.82, 2.24) is 15.0 Å². The summed E-state index contributed by atoms with van der Waals surface area (Å²) in [6.07, 6.45) is 24.0. The molecular weight excluding hydrogens is 809 g/mol. The molecule has 0 unspecified atom stereocenters. The molecule has 0 amide bonds. The van der Waals surface area contributed by atoms with Crippen molar-refractivity contribution in [3.63, 3.8) is 0 Å². The van der Waals surface area contributed by atoms with Crippen molar-refractivity contribution in [3.8, 4) is 0 Å². The van der Waals surface area contributed by atoms with Crippen LogP contribution in [0.15, 0.2) is 29.6 Å². The molecule has 1 fully saturated rings. The second-order valence-corrected chi connectivity index (χ2v) is 18.9. The molecule has 1 N–H and O–H groups in total. The van der Waals surface area contributed by atoms with Gasteiger partial charge in [-0.05, 0) is 99.8 Å². The van der Waals surface area contributed by atoms with E-state index in [-0.39, 0.29) is 59.7 Å². The molecule has 1 saturated heterocycles. The third-order valence-corrected chi connectivity index (χ3v) is 13.9. The summed E-state index contributed by atoms with van der Waals surface area (Å²) in [5.41, 5.74) is 11.0. The van der Waals surface area contributed by atoms with Gasteiger partial charge >= 0.3 is 35.0 Å². The zero-order valence-corrected chi connectivity index (χ0v) is 41.9. The van der Waals surface area contributed by atoms with E-state index in [1.807, 2.05) is 38.2 Å². The first-order valence-electron chi connectivity index (χ1n) is 23.7. The van der Waals surface area contributed by atoms with Gasteiger partial charge in [-0.15, -0.1) is 22.8 Å². The van der Waals surface area contributed by atoms with Crippen molar-refractivity contribution in [2.24, 2.45) is 29.6 Å². The second-order valence-electron chi connectivity index (χ2n) is 18.9. The Bertz CT molecular complexity index is 2420. The summed E-state index contributed by atoms with van der Waals surface area (Å²) in [6.45, 7) is 23.7. The van der Waals surface area contributed by atoms with Crippen LogP contribution in [0.2, 0.25) is 0 Å². The van der Waals surface area contributed by atoms with Crippen LogP contribution in [-0.2, 0) is 25.5 Å². The van der Waals surface area contributed by atoms with Crippen LogP contribution in [0.1, 0.15) is 180 Å². The van der Waals surface area contributed by atoms with E-state index < -0.39 is 11.9 Å². The minimum atomic E-state index is -1.21. The molecule has 10 heteroatoms. The van der Waals surface area contributed by atoms with E-state index in [4.69, 9.17) is 24.8 Å². The average molecular weight is 880 g/mol. The smallest absolute Gasteiger partial charge is 0.664 e. The maximum absolute atomic E-state index is 14.4. The van der Waals surface area contributed by atoms with Gasteiger partial charge in [-0.3, -0.25) is 14.4 Å². The number of carbonyl (C=O) groups is 3. The maximum atomic E-state index is 14.4. The van der Waals surface area contributed by atoms with Gasteiger partial charge < -0.3 is 29.7 Å². The number of fused-ring (bicyclic) bond motifs is 7. The number of esters is 2. The quantitative estimate of drug-likeness (QED) is 0.0393. The van der Waals surface area contributed by atoms with Gasteiger partial charge in [0, 0.05) is 22.7 Å². The van der Waals surface area contributed by atoms with Crippen molar-refractivity contribution >= 4 is 70.7 Å². The van der Waals surface area contributed by atoms with Crippen LogP contribution in [0.3, 0.4) is 0 Å². The van der Waals surface area contributed by atoms with Crippen LogP contribution < -0.4 is 20.7 Å². The van der Waals surface area contributed by atoms with Gasteiger partial charge in [-0.25, -0.2) is 0 Å². The number of ketones is 1. The first kappa shape index (κ1) is 50.7. The number of H-pyrrole nitrogens is 1. The number of aromatic nitrogens is 3. The number of hydrogen-bond acceptors (Lipinski definition) is 5. The molecule has 2 aliphatic heterocycles. The first-order chi connectivity index (χ1) is 30.2. The summed E-state index contributed by atoms with van der Waals surface area (Å²) in [5.74, 6) is -1.46. The third kappa shape index (κ3) is 11.2. The largest absolute Gasteiger partial charge is 2.00 e. The number of unbranched alkanes of at least 4 members (excludes halogenated alkanes) is 4. The average Bonchev–Trinajstić information content (AvgIpc) is 3.99. The summed E-state index contributed by atoms with van der Waals surface area (Å²) in [7, 11) is 1.30. The normalized spacial score (nSPS) is 21.3. The summed E-state index contributed by atoms with van der Waals surface area (Å²) in [5, 5.41) is 7.09. The summed E-state index contributed by atoms with van der Waals surface area (Å²) in [6, 6.07) is 0. The fourth-order valence-corrected chi connectivity index (χ4v) is 9.91. The number of hydrogen-bond donors (Lipinski definition) is 1. The Balaban J connectivity index is 0.00000771. The minimum absolute atomic E-state index is 0. The molecular formula is C54H71MgN4O5-. The van der Waals surface area contributed by atoms with E-state index >= 15 is 0 Å². The van der Waals surface area contributed by atoms with E-state index in [9.17, 15) is 14.4 Å². The molecule has 3 aromatic heterocycles. The zero-order chi connectivity index (χ0) is 45.5. The molecule has 0 radical (unpaired) electrons. The molecule has 340 valence electrons. The SMILES string of the molecule is C=Cc1c2[n-]c(c1C)/C=C1\[N-]/C(=C3\c4[n-]c(c(C)c4C(=O)[C@@H]3C(=O)OC)/C=c3\[nH]/c(c(C)c3CC)=C\2)[C@@H](CCC(=O)OC/C=C(\C)CCC[C@H](C)CCCCCCCC(C)C)[C@@H]1C.[Mg+2]. The van der Waals surface area contributed by atoms with Crippen molar-refractivity contribution in [3.05, 3.63) is 102 Å². The predicted octanol–water partition coefficient (Wildman–Crippen LogP) is 10.5. The van der Waals surface area contributed by atoms with Crippen molar-refractivity contribution in [2.45, 2.75) is 146 Å². The molecule has 6 rings (SSSR count). The Morgan fingerprint density at radius 3 is 2.23 bits per heavy atom. The minimum Gasteiger partial charge on any atom is -0.664 e. The predicted molar refractivity (Wildman–Crippen MR) is 261 cm³/mol. The standard InChI is InChI=1S/C54H72N4O5.Mg/c1-12-38-34(7)41-28-43-36(9)40(24-25-47(59)63-27-26-33(6)23-19-22-32(5)21-18-16-14-15-17-20-31(3)4)51(57-43)49-50(54(61)62-11)53(60)48-37(10)44(58-52(48)49)30-46-39(13-2)35(8)42(56-46)29-45(38)55-41;/h12,26,28-32,36,40,50,56H,1,13-25,27H2,2-11H3,(H-,57,58,60);/q-2;+2/p-1/b33-26+,42-29-,43-28-,46-30-;/t32-,36+,40+,50-;/m1./s1. The number of Topliss-reactive ketones (excluding diaryl/α,β-unsaturated/α-hetero) is 1. The van der Waals surface area contributed by atoms with Gasteiger partial charge in [0.15, 0.2) is 5.78 Å². The summed E-state index contributed by atoms with van der Waals surface area (Å²) >= 11 is 0. The number of aromatic amines is 1. The van der Waals surface area contributed by atoms with Crippen LogP contribution >= 0.6 is 0 Å². The zero-order valence-electron chi connectivity index (χ0n) is 40.5. The molecule has 64 heavy (non-hydrogen) atoms. The Morgan fingerprint density at radius 2 is 1.55 bits per heavy atom. The number of methoxy groups -OCH3 is 1. The van der Waals surface area contributed by atoms with Crippen molar-refractivity contribution in [1.29, 1.82) is 0 Å². The van der Waals surface area contributed by atoms with Crippen LogP contribution in [0, 0.1) is 50.4 Å². The number of carbonyl (C=O) groups excluding carboxylic acids is 3. The van der Waals surface area contributed by atoms with Gasteiger partial charge in [0.05, 0.1) is 7.11 Å². The molecule has 5 heterocycles. The summed E-state index contributed by atoms with van der Waals surface area (Å²) < 4.78 is 11.0. The fourth-order valence-electron chi connectivity index (χ4n) is 9.91. The van der Waals surface area contributed by atoms with Crippen molar-refractivity contribution in [2.75, 3.05) is 13.7 Å². The molecule has 4 atom stereocenters. The number of nitrogens with one attached hydrogen (secondary N) is 1. The fraction of sp³-hybridized carbons (Fsp3) is 0.537. The molecule has 3 aliphatic rings. The maximum Gasteiger partial charge on any atom is 2.00 e. The monoisotopic (exact) mass is 880 g/mol. The molecule has 0 aromatic carbocycles. The number of allylic oxidation sites excluding steroid dienone is 3. The molecule has 8 bridgehead atoms. The van der Waals surface area contributed by atoms with Gasteiger partial charge in [0.25, 0.3) is 0 Å². The van der Waals surface area contributed by atoms with Gasteiger partial charge in [-0.1, -0.05) is 139 Å². The molecule has 0 saturated carbocycles. The Morgan fingerprint density at radius 1 is 0.875 bits per heavy atom. The van der Waals surface area contributed by atoms with Gasteiger partial charge in [-0.2, -0.15) is 11.4 Å².